The number of ether oxygens (including phenoxy) is 1. The number of nitrogens with zero attached hydrogens (tertiary/aromatic N) is 3. The lowest BCUT2D eigenvalue weighted by Crippen LogP contribution is -2.05. The molecule has 0 bridgehead atoms. The lowest BCUT2D eigenvalue weighted by Gasteiger charge is -2.09. The molecule has 2 aromatic carbocycles. The standard InChI is InChI=1S/C27H26N4O3/c1-28-17-19-12-14-20(15-13-19)23-24-26(29-16-8-4-7-11-22(32)33-2)30-18-31-27(24)34-25(23)21-9-5-3-6-10-21/h3,5-6,9-10,12-15,18H,4,7-8,11,16-17H2,2H3,(H,29,30,31). The molecule has 0 aliphatic heterocycles. The van der Waals surface area contributed by atoms with Crippen LogP contribution in [-0.4, -0.2) is 29.6 Å². The summed E-state index contributed by atoms with van der Waals surface area (Å²) in [5.74, 6) is 1.27. The molecule has 7 nitrogen and oxygen atoms in total. The van der Waals surface area contributed by atoms with Gasteiger partial charge in [0.25, 0.3) is 0 Å². The van der Waals surface area contributed by atoms with Gasteiger partial charge in [0.2, 0.25) is 12.3 Å². The van der Waals surface area contributed by atoms with Gasteiger partial charge in [-0.2, -0.15) is 0 Å². The molecular formula is C27H26N4O3. The quantitative estimate of drug-likeness (QED) is 0.177. The molecule has 0 amide bonds. The van der Waals surface area contributed by atoms with Crippen LogP contribution in [0.4, 0.5) is 5.82 Å². The van der Waals surface area contributed by atoms with Crippen molar-refractivity contribution in [3.8, 4) is 22.5 Å². The molecule has 34 heavy (non-hydrogen) atoms. The summed E-state index contributed by atoms with van der Waals surface area (Å²) in [7, 11) is 1.41. The molecule has 172 valence electrons. The summed E-state index contributed by atoms with van der Waals surface area (Å²) in [5.41, 5.74) is 4.33. The minimum Gasteiger partial charge on any atom is -0.469 e. The fraction of sp³-hybridized carbons (Fsp3) is 0.259. The number of methoxy groups -OCH3 is 1. The molecule has 0 atom stereocenters. The minimum absolute atomic E-state index is 0.177. The van der Waals surface area contributed by atoms with E-state index in [1.807, 2.05) is 54.6 Å². The van der Waals surface area contributed by atoms with Crippen molar-refractivity contribution in [2.24, 2.45) is 0 Å². The molecule has 0 saturated heterocycles. The molecule has 4 rings (SSSR count). The number of carbonyl (C=O) groups excluding carboxylic acids is 1. The Morgan fingerprint density at radius 3 is 2.56 bits per heavy atom. The predicted molar refractivity (Wildman–Crippen MR) is 132 cm³/mol. The highest BCUT2D eigenvalue weighted by Gasteiger charge is 2.22. The van der Waals surface area contributed by atoms with Gasteiger partial charge in [0.05, 0.1) is 12.5 Å². The van der Waals surface area contributed by atoms with E-state index >= 15 is 0 Å². The lowest BCUT2D eigenvalue weighted by molar-refractivity contribution is -0.140. The molecular weight excluding hydrogens is 428 g/mol. The summed E-state index contributed by atoms with van der Waals surface area (Å²) in [4.78, 5) is 23.7. The highest BCUT2D eigenvalue weighted by Crippen LogP contribution is 2.42. The Balaban J connectivity index is 1.66. The van der Waals surface area contributed by atoms with Crippen molar-refractivity contribution in [1.29, 1.82) is 0 Å². The Bertz CT molecular complexity index is 1290. The third-order valence-electron chi connectivity index (χ3n) is 5.61. The average Bonchev–Trinajstić information content (AvgIpc) is 3.27. The van der Waals surface area contributed by atoms with E-state index in [2.05, 4.69) is 20.1 Å². The van der Waals surface area contributed by atoms with Gasteiger partial charge in [-0.05, 0) is 18.4 Å². The van der Waals surface area contributed by atoms with Crippen molar-refractivity contribution in [3.05, 3.63) is 77.9 Å². The normalized spacial score (nSPS) is 10.7. The predicted octanol–water partition coefficient (Wildman–Crippen LogP) is 6.12. The van der Waals surface area contributed by atoms with Gasteiger partial charge >= 0.3 is 5.97 Å². The number of furan rings is 1. The van der Waals surface area contributed by atoms with Crippen LogP contribution in [0.15, 0.2) is 65.3 Å². The molecule has 0 aliphatic rings. The topological polar surface area (TPSA) is 81.6 Å². The van der Waals surface area contributed by atoms with Crippen LogP contribution in [0, 0.1) is 6.57 Å². The smallest absolute Gasteiger partial charge is 0.305 e. The lowest BCUT2D eigenvalue weighted by atomic mass is 9.98. The summed E-state index contributed by atoms with van der Waals surface area (Å²) in [6, 6.07) is 17.9. The second kappa shape index (κ2) is 11.1. The Kier molecular flexibility index (Phi) is 7.51. The van der Waals surface area contributed by atoms with E-state index in [4.69, 9.17) is 15.7 Å². The summed E-state index contributed by atoms with van der Waals surface area (Å²) in [6.07, 6.45) is 4.53. The van der Waals surface area contributed by atoms with Crippen LogP contribution in [0.3, 0.4) is 0 Å². The molecule has 7 heteroatoms. The molecule has 0 saturated carbocycles. The number of aromatic nitrogens is 2. The minimum atomic E-state index is -0.177. The van der Waals surface area contributed by atoms with Crippen LogP contribution in [-0.2, 0) is 16.1 Å². The van der Waals surface area contributed by atoms with E-state index in [-0.39, 0.29) is 5.97 Å². The van der Waals surface area contributed by atoms with E-state index < -0.39 is 0 Å². The van der Waals surface area contributed by atoms with Gasteiger partial charge in [-0.1, -0.05) is 61.0 Å². The first kappa shape index (κ1) is 23.0. The van der Waals surface area contributed by atoms with Crippen LogP contribution < -0.4 is 5.32 Å². The van der Waals surface area contributed by atoms with Crippen molar-refractivity contribution in [2.75, 3.05) is 19.0 Å². The number of unbranched alkanes of at least 4 members (excludes halogenated alkanes) is 2. The Morgan fingerprint density at radius 2 is 1.82 bits per heavy atom. The molecule has 0 aliphatic carbocycles. The maximum atomic E-state index is 11.3. The second-order valence-corrected chi connectivity index (χ2v) is 7.90. The molecule has 2 heterocycles. The van der Waals surface area contributed by atoms with Gasteiger partial charge < -0.3 is 19.3 Å². The Morgan fingerprint density at radius 1 is 1.03 bits per heavy atom. The molecule has 0 radical (unpaired) electrons. The van der Waals surface area contributed by atoms with Crippen molar-refractivity contribution in [1.82, 2.24) is 9.97 Å². The number of esters is 1. The van der Waals surface area contributed by atoms with Gasteiger partial charge in [-0.25, -0.2) is 16.5 Å². The molecule has 2 aromatic heterocycles. The zero-order valence-corrected chi connectivity index (χ0v) is 19.1. The fourth-order valence-corrected chi connectivity index (χ4v) is 3.88. The first-order valence-corrected chi connectivity index (χ1v) is 11.3. The van der Waals surface area contributed by atoms with Crippen molar-refractivity contribution in [3.63, 3.8) is 0 Å². The monoisotopic (exact) mass is 454 g/mol. The number of anilines is 1. The number of fused-ring (bicyclic) bond motifs is 1. The number of hydrogen-bond acceptors (Lipinski definition) is 6. The number of carbonyl (C=O) groups is 1. The van der Waals surface area contributed by atoms with Crippen LogP contribution >= 0.6 is 0 Å². The number of rotatable bonds is 10. The third kappa shape index (κ3) is 5.24. The second-order valence-electron chi connectivity index (χ2n) is 7.90. The Hall–Kier alpha value is -4.18. The molecule has 0 unspecified atom stereocenters. The SMILES string of the molecule is [C-]#[N+]Cc1ccc(-c2c(-c3ccccc3)oc3ncnc(NCCCCCC(=O)OC)c23)cc1. The maximum absolute atomic E-state index is 11.3. The molecule has 4 aromatic rings. The summed E-state index contributed by atoms with van der Waals surface area (Å²) < 4.78 is 10.9. The van der Waals surface area contributed by atoms with Crippen LogP contribution in [0.25, 0.3) is 38.4 Å². The number of nitrogens with one attached hydrogen (secondary N) is 1. The van der Waals surface area contributed by atoms with E-state index in [0.29, 0.717) is 31.0 Å². The van der Waals surface area contributed by atoms with E-state index in [1.165, 1.54) is 13.4 Å². The molecule has 1 N–H and O–H groups in total. The van der Waals surface area contributed by atoms with Crippen LogP contribution in [0.5, 0.6) is 0 Å². The molecule has 0 fully saturated rings. The van der Waals surface area contributed by atoms with Gasteiger partial charge in [0.1, 0.15) is 17.9 Å². The zero-order valence-electron chi connectivity index (χ0n) is 19.1. The van der Waals surface area contributed by atoms with Gasteiger partial charge in [0, 0.05) is 29.7 Å². The third-order valence-corrected chi connectivity index (χ3v) is 5.61. The van der Waals surface area contributed by atoms with E-state index in [0.717, 1.165) is 52.7 Å². The number of benzene rings is 2. The average molecular weight is 455 g/mol. The summed E-state index contributed by atoms with van der Waals surface area (Å²) in [5, 5.41) is 4.26. The van der Waals surface area contributed by atoms with Crippen molar-refractivity contribution >= 4 is 22.9 Å². The van der Waals surface area contributed by atoms with Gasteiger partial charge in [-0.15, -0.1) is 0 Å². The highest BCUT2D eigenvalue weighted by atomic mass is 16.5. The van der Waals surface area contributed by atoms with E-state index in [9.17, 15) is 4.79 Å². The zero-order chi connectivity index (χ0) is 23.8. The summed E-state index contributed by atoms with van der Waals surface area (Å²) >= 11 is 0. The Labute approximate surface area is 198 Å². The van der Waals surface area contributed by atoms with Crippen molar-refractivity contribution in [2.45, 2.75) is 32.2 Å². The fourth-order valence-electron chi connectivity index (χ4n) is 3.88. The van der Waals surface area contributed by atoms with Gasteiger partial charge in [0.15, 0.2) is 0 Å². The highest BCUT2D eigenvalue weighted by molar-refractivity contribution is 6.05. The van der Waals surface area contributed by atoms with Crippen molar-refractivity contribution < 1.29 is 13.9 Å². The largest absolute Gasteiger partial charge is 0.469 e. The summed E-state index contributed by atoms with van der Waals surface area (Å²) in [6.45, 7) is 8.18. The van der Waals surface area contributed by atoms with Crippen LogP contribution in [0.1, 0.15) is 31.2 Å². The maximum Gasteiger partial charge on any atom is 0.305 e. The van der Waals surface area contributed by atoms with Crippen LogP contribution in [0.2, 0.25) is 0 Å². The molecule has 0 spiro atoms. The van der Waals surface area contributed by atoms with E-state index in [1.54, 1.807) is 0 Å². The van der Waals surface area contributed by atoms with Gasteiger partial charge in [-0.3, -0.25) is 4.79 Å². The first-order chi connectivity index (χ1) is 16.7. The first-order valence-electron chi connectivity index (χ1n) is 11.3. The number of hydrogen-bond donors (Lipinski definition) is 1.